The van der Waals surface area contributed by atoms with Gasteiger partial charge in [0.2, 0.25) is 0 Å². The van der Waals surface area contributed by atoms with Crippen LogP contribution < -0.4 is 9.47 Å². The van der Waals surface area contributed by atoms with Crippen LogP contribution in [0.2, 0.25) is 0 Å². The van der Waals surface area contributed by atoms with E-state index in [0.717, 1.165) is 26.3 Å². The Morgan fingerprint density at radius 3 is 1.83 bits per heavy atom. The summed E-state index contributed by atoms with van der Waals surface area (Å²) >= 11 is 0. The fraction of sp³-hybridized carbons (Fsp3) is 0.467. The lowest BCUT2D eigenvalue weighted by atomic mass is 9.98. The van der Waals surface area contributed by atoms with Crippen molar-refractivity contribution in [3.05, 3.63) is 60.2 Å². The third-order valence-electron chi connectivity index (χ3n) is 5.87. The second kappa shape index (κ2) is 15.7. The Morgan fingerprint density at radius 1 is 0.714 bits per heavy atom. The van der Waals surface area contributed by atoms with Crippen LogP contribution in [0.15, 0.2) is 54.6 Å². The monoisotopic (exact) mass is 588 g/mol. The molecule has 228 valence electrons. The first kappa shape index (κ1) is 32.4. The maximum atomic E-state index is 12.0. The minimum atomic E-state index is -1.31. The van der Waals surface area contributed by atoms with Crippen molar-refractivity contribution < 1.29 is 57.1 Å². The number of hydrogen-bond acceptors (Lipinski definition) is 12. The number of esters is 4. The molecule has 2 aromatic carbocycles. The summed E-state index contributed by atoms with van der Waals surface area (Å²) in [5, 5.41) is 0. The lowest BCUT2D eigenvalue weighted by Crippen LogP contribution is -2.63. The molecule has 12 nitrogen and oxygen atoms in total. The quantitative estimate of drug-likeness (QED) is 0.251. The summed E-state index contributed by atoms with van der Waals surface area (Å²) in [7, 11) is 0. The first-order valence-corrected chi connectivity index (χ1v) is 13.4. The molecule has 1 fully saturated rings. The second-order valence-electron chi connectivity index (χ2n) is 9.57. The molecule has 0 N–H and O–H groups in total. The predicted molar refractivity (Wildman–Crippen MR) is 145 cm³/mol. The van der Waals surface area contributed by atoms with Crippen molar-refractivity contribution in [3.63, 3.8) is 0 Å². The molecule has 1 unspecified atom stereocenters. The maximum Gasteiger partial charge on any atom is 0.303 e. The molecule has 0 radical (unpaired) electrons. The van der Waals surface area contributed by atoms with Crippen molar-refractivity contribution in [1.82, 2.24) is 0 Å². The lowest BCUT2D eigenvalue weighted by molar-refractivity contribution is -0.316. The number of ether oxygens (including phenoxy) is 8. The lowest BCUT2D eigenvalue weighted by Gasteiger charge is -2.44. The second-order valence-corrected chi connectivity index (χ2v) is 9.57. The van der Waals surface area contributed by atoms with Gasteiger partial charge in [-0.3, -0.25) is 19.2 Å². The van der Waals surface area contributed by atoms with Gasteiger partial charge in [0, 0.05) is 27.7 Å². The third-order valence-corrected chi connectivity index (χ3v) is 5.87. The van der Waals surface area contributed by atoms with Gasteiger partial charge in [0.25, 0.3) is 0 Å². The number of hydrogen-bond donors (Lipinski definition) is 0. The van der Waals surface area contributed by atoms with Crippen molar-refractivity contribution in [3.8, 4) is 11.5 Å². The van der Waals surface area contributed by atoms with Gasteiger partial charge in [-0.25, -0.2) is 0 Å². The van der Waals surface area contributed by atoms with Gasteiger partial charge in [0.15, 0.2) is 24.6 Å². The summed E-state index contributed by atoms with van der Waals surface area (Å²) in [5.41, 5.74) is 1.05. The fourth-order valence-corrected chi connectivity index (χ4v) is 4.15. The Balaban J connectivity index is 1.68. The van der Waals surface area contributed by atoms with Gasteiger partial charge in [-0.15, -0.1) is 0 Å². The number of rotatable bonds is 13. The molecule has 42 heavy (non-hydrogen) atoms. The molecule has 12 heteroatoms. The SMILES string of the molecule is CC(=O)OC[C@H]1O[C@@H](OC(C)COc2ccc(OCc3ccccc3)cc2)[C@H](OC(C)=O)[C@@H](OC(C)=O)[C@@H]1OC(C)=O. The first-order valence-electron chi connectivity index (χ1n) is 13.4. The summed E-state index contributed by atoms with van der Waals surface area (Å²) in [6, 6.07) is 16.8. The van der Waals surface area contributed by atoms with E-state index < -0.39 is 60.7 Å². The minimum Gasteiger partial charge on any atom is -0.491 e. The van der Waals surface area contributed by atoms with Crippen LogP contribution in [0.5, 0.6) is 11.5 Å². The Morgan fingerprint density at radius 2 is 1.26 bits per heavy atom. The molecule has 2 aromatic rings. The van der Waals surface area contributed by atoms with Gasteiger partial charge in [-0.1, -0.05) is 30.3 Å². The molecule has 0 saturated carbocycles. The van der Waals surface area contributed by atoms with E-state index in [4.69, 9.17) is 37.9 Å². The van der Waals surface area contributed by atoms with E-state index in [1.165, 1.54) is 6.92 Å². The average molecular weight is 589 g/mol. The topological polar surface area (TPSA) is 142 Å². The van der Waals surface area contributed by atoms with E-state index in [2.05, 4.69) is 0 Å². The average Bonchev–Trinajstić information content (AvgIpc) is 2.93. The van der Waals surface area contributed by atoms with Gasteiger partial charge in [-0.05, 0) is 36.8 Å². The zero-order valence-corrected chi connectivity index (χ0v) is 24.2. The van der Waals surface area contributed by atoms with Crippen LogP contribution in [-0.4, -0.2) is 73.9 Å². The van der Waals surface area contributed by atoms with E-state index >= 15 is 0 Å². The molecule has 0 aliphatic carbocycles. The van der Waals surface area contributed by atoms with Crippen LogP contribution in [0.1, 0.15) is 40.2 Å². The summed E-state index contributed by atoms with van der Waals surface area (Å²) in [6.45, 7) is 6.51. The van der Waals surface area contributed by atoms with Gasteiger partial charge < -0.3 is 37.9 Å². The normalized spacial score (nSPS) is 22.3. The van der Waals surface area contributed by atoms with Crippen molar-refractivity contribution in [2.24, 2.45) is 0 Å². The maximum absolute atomic E-state index is 12.0. The van der Waals surface area contributed by atoms with Crippen LogP contribution in [0.25, 0.3) is 0 Å². The number of benzene rings is 2. The largest absolute Gasteiger partial charge is 0.491 e. The van der Waals surface area contributed by atoms with Crippen molar-refractivity contribution >= 4 is 23.9 Å². The van der Waals surface area contributed by atoms with Crippen LogP contribution in [0.4, 0.5) is 0 Å². The first-order chi connectivity index (χ1) is 20.0. The van der Waals surface area contributed by atoms with E-state index in [9.17, 15) is 19.2 Å². The van der Waals surface area contributed by atoms with Crippen LogP contribution in [-0.2, 0) is 54.2 Å². The highest BCUT2D eigenvalue weighted by atomic mass is 16.7. The molecule has 3 rings (SSSR count). The number of carbonyl (C=O) groups excluding carboxylic acids is 4. The Bertz CT molecular complexity index is 1180. The van der Waals surface area contributed by atoms with Crippen molar-refractivity contribution in [2.75, 3.05) is 13.2 Å². The Labute approximate surface area is 244 Å². The van der Waals surface area contributed by atoms with Gasteiger partial charge in [-0.2, -0.15) is 0 Å². The predicted octanol–water partition coefficient (Wildman–Crippen LogP) is 3.13. The molecule has 0 amide bonds. The van der Waals surface area contributed by atoms with Gasteiger partial charge >= 0.3 is 23.9 Å². The van der Waals surface area contributed by atoms with E-state index in [0.29, 0.717) is 18.1 Å². The summed E-state index contributed by atoms with van der Waals surface area (Å²) < 4.78 is 44.9. The molecule has 1 aliphatic rings. The molecular weight excluding hydrogens is 552 g/mol. The Hall–Kier alpha value is -4.16. The molecule has 0 bridgehead atoms. The molecule has 1 heterocycles. The van der Waals surface area contributed by atoms with Crippen molar-refractivity contribution in [1.29, 1.82) is 0 Å². The molecule has 1 aliphatic heterocycles. The van der Waals surface area contributed by atoms with Gasteiger partial charge in [0.1, 0.15) is 37.4 Å². The molecule has 1 saturated heterocycles. The van der Waals surface area contributed by atoms with Crippen molar-refractivity contribution in [2.45, 2.75) is 78.0 Å². The molecule has 0 aromatic heterocycles. The molecular formula is C30H36O12. The smallest absolute Gasteiger partial charge is 0.303 e. The fourth-order valence-electron chi connectivity index (χ4n) is 4.15. The van der Waals surface area contributed by atoms with Gasteiger partial charge in [0.05, 0.1) is 6.10 Å². The third kappa shape index (κ3) is 10.3. The van der Waals surface area contributed by atoms with E-state index in [1.54, 1.807) is 31.2 Å². The highest BCUT2D eigenvalue weighted by Crippen LogP contribution is 2.31. The summed E-state index contributed by atoms with van der Waals surface area (Å²) in [5.74, 6) is -1.54. The molecule has 0 spiro atoms. The van der Waals surface area contributed by atoms with E-state index in [-0.39, 0.29) is 13.2 Å². The molecule has 6 atom stereocenters. The van der Waals surface area contributed by atoms with Crippen LogP contribution in [0.3, 0.4) is 0 Å². The zero-order valence-electron chi connectivity index (χ0n) is 24.2. The standard InChI is InChI=1S/C30H36O12/c1-18(15-36-24-11-13-25(14-12-24)37-16-23-9-7-6-8-10-23)38-30-29(41-22(5)34)28(40-21(4)33)27(39-20(3)32)26(42-30)17-35-19(2)31/h6-14,18,26-30H,15-17H2,1-5H3/t18?,26-,27-,28+,29-,30-/m1/s1. The Kier molecular flexibility index (Phi) is 12.1. The number of carbonyl (C=O) groups is 4. The van der Waals surface area contributed by atoms with Crippen LogP contribution >= 0.6 is 0 Å². The zero-order chi connectivity index (χ0) is 30.6. The van der Waals surface area contributed by atoms with E-state index in [1.807, 2.05) is 30.3 Å². The van der Waals surface area contributed by atoms with Crippen LogP contribution in [0, 0.1) is 0 Å². The summed E-state index contributed by atoms with van der Waals surface area (Å²) in [4.78, 5) is 47.3. The summed E-state index contributed by atoms with van der Waals surface area (Å²) in [6.07, 6.45) is -6.91. The highest BCUT2D eigenvalue weighted by Gasteiger charge is 2.53. The highest BCUT2D eigenvalue weighted by molar-refractivity contribution is 5.68. The minimum absolute atomic E-state index is 0.0666.